The van der Waals surface area contributed by atoms with E-state index in [1.165, 1.54) is 14.2 Å². The van der Waals surface area contributed by atoms with Crippen molar-refractivity contribution in [2.24, 2.45) is 5.92 Å². The minimum atomic E-state index is -0.291. The highest BCUT2D eigenvalue weighted by Crippen LogP contribution is 2.23. The van der Waals surface area contributed by atoms with E-state index in [-0.39, 0.29) is 17.9 Å². The number of hydrogen-bond donors (Lipinski definition) is 0. The smallest absolute Gasteiger partial charge is 0.333 e. The molecule has 0 aromatic carbocycles. The first kappa shape index (κ1) is 11.8. The fraction of sp³-hybridized carbons (Fsp3) is 0.636. The lowest BCUT2D eigenvalue weighted by Crippen LogP contribution is -2.14. The maximum Gasteiger partial charge on any atom is 0.333 e. The Balaban J connectivity index is 2.63. The topological polar surface area (TPSA) is 52.6 Å². The van der Waals surface area contributed by atoms with E-state index in [1.807, 2.05) is 0 Å². The van der Waals surface area contributed by atoms with Crippen LogP contribution in [0.5, 0.6) is 0 Å². The number of carbonyl (C=O) groups excluding carboxylic acids is 2. The van der Waals surface area contributed by atoms with Crippen LogP contribution >= 0.6 is 0 Å². The monoisotopic (exact) mass is 212 g/mol. The highest BCUT2D eigenvalue weighted by molar-refractivity contribution is 5.88. The zero-order valence-electron chi connectivity index (χ0n) is 9.12. The van der Waals surface area contributed by atoms with Gasteiger partial charge < -0.3 is 9.47 Å². The number of methoxy groups -OCH3 is 2. The third kappa shape index (κ3) is 3.08. The summed E-state index contributed by atoms with van der Waals surface area (Å²) in [5.41, 5.74) is 0.670. The number of allylic oxidation sites excluding steroid dienone is 1. The van der Waals surface area contributed by atoms with Crippen molar-refractivity contribution in [3.8, 4) is 0 Å². The lowest BCUT2D eigenvalue weighted by molar-refractivity contribution is -0.145. The van der Waals surface area contributed by atoms with Gasteiger partial charge in [0, 0.05) is 5.57 Å². The third-order valence-electron chi connectivity index (χ3n) is 2.63. The van der Waals surface area contributed by atoms with Crippen LogP contribution in [-0.2, 0) is 19.1 Å². The van der Waals surface area contributed by atoms with E-state index in [4.69, 9.17) is 0 Å². The van der Waals surface area contributed by atoms with Gasteiger partial charge in [-0.05, 0) is 25.7 Å². The molecule has 0 aromatic heterocycles. The number of esters is 2. The maximum atomic E-state index is 11.3. The SMILES string of the molecule is COC(=O)C1=CCC(C(=O)OC)CCC1. The molecule has 0 radical (unpaired) electrons. The van der Waals surface area contributed by atoms with E-state index in [9.17, 15) is 9.59 Å². The summed E-state index contributed by atoms with van der Waals surface area (Å²) < 4.78 is 9.33. The first-order valence-electron chi connectivity index (χ1n) is 5.04. The molecule has 15 heavy (non-hydrogen) atoms. The number of ether oxygens (including phenoxy) is 2. The van der Waals surface area contributed by atoms with Crippen molar-refractivity contribution in [2.75, 3.05) is 14.2 Å². The first-order chi connectivity index (χ1) is 7.19. The van der Waals surface area contributed by atoms with Gasteiger partial charge in [-0.2, -0.15) is 0 Å². The van der Waals surface area contributed by atoms with Gasteiger partial charge in [-0.25, -0.2) is 4.79 Å². The van der Waals surface area contributed by atoms with E-state index < -0.39 is 0 Å². The summed E-state index contributed by atoms with van der Waals surface area (Å²) in [6, 6.07) is 0. The Morgan fingerprint density at radius 1 is 1.33 bits per heavy atom. The molecule has 0 aliphatic heterocycles. The van der Waals surface area contributed by atoms with Gasteiger partial charge in [0.2, 0.25) is 0 Å². The summed E-state index contributed by atoms with van der Waals surface area (Å²) in [6.45, 7) is 0. The van der Waals surface area contributed by atoms with Crippen molar-refractivity contribution < 1.29 is 19.1 Å². The van der Waals surface area contributed by atoms with Crippen molar-refractivity contribution in [3.63, 3.8) is 0 Å². The van der Waals surface area contributed by atoms with E-state index in [2.05, 4.69) is 9.47 Å². The molecule has 0 heterocycles. The van der Waals surface area contributed by atoms with Gasteiger partial charge in [0.15, 0.2) is 0 Å². The summed E-state index contributed by atoms with van der Waals surface area (Å²) in [7, 11) is 2.75. The van der Waals surface area contributed by atoms with Crippen molar-refractivity contribution in [1.29, 1.82) is 0 Å². The standard InChI is InChI=1S/C11H16O4/c1-14-10(12)8-4-3-5-9(7-6-8)11(13)15-2/h6,9H,3-5,7H2,1-2H3. The van der Waals surface area contributed by atoms with E-state index in [0.717, 1.165) is 12.8 Å². The molecule has 0 bridgehead atoms. The van der Waals surface area contributed by atoms with Crippen LogP contribution in [0.4, 0.5) is 0 Å². The van der Waals surface area contributed by atoms with Crippen LogP contribution in [-0.4, -0.2) is 26.2 Å². The lowest BCUT2D eigenvalue weighted by atomic mass is 10.0. The largest absolute Gasteiger partial charge is 0.469 e. The Morgan fingerprint density at radius 2 is 2.07 bits per heavy atom. The van der Waals surface area contributed by atoms with E-state index >= 15 is 0 Å². The van der Waals surface area contributed by atoms with Crippen molar-refractivity contribution in [1.82, 2.24) is 0 Å². The fourth-order valence-electron chi connectivity index (χ4n) is 1.74. The van der Waals surface area contributed by atoms with Crippen LogP contribution < -0.4 is 0 Å². The molecular weight excluding hydrogens is 196 g/mol. The van der Waals surface area contributed by atoms with Gasteiger partial charge in [0.1, 0.15) is 0 Å². The predicted octanol–water partition coefficient (Wildman–Crippen LogP) is 1.45. The Labute approximate surface area is 89.2 Å². The Morgan fingerprint density at radius 3 is 2.67 bits per heavy atom. The summed E-state index contributed by atoms with van der Waals surface area (Å²) in [4.78, 5) is 22.6. The summed E-state index contributed by atoms with van der Waals surface area (Å²) in [5.74, 6) is -0.602. The summed E-state index contributed by atoms with van der Waals surface area (Å²) in [6.07, 6.45) is 4.63. The predicted molar refractivity (Wildman–Crippen MR) is 54.1 cm³/mol. The van der Waals surface area contributed by atoms with Gasteiger partial charge in [-0.3, -0.25) is 4.79 Å². The molecule has 0 aromatic rings. The average Bonchev–Trinajstić information content (AvgIpc) is 2.52. The summed E-state index contributed by atoms with van der Waals surface area (Å²) >= 11 is 0. The normalized spacial score (nSPS) is 21.2. The van der Waals surface area contributed by atoms with Gasteiger partial charge in [-0.1, -0.05) is 6.08 Å². The average molecular weight is 212 g/mol. The molecule has 0 fully saturated rings. The number of hydrogen-bond acceptors (Lipinski definition) is 4. The van der Waals surface area contributed by atoms with Gasteiger partial charge in [0.25, 0.3) is 0 Å². The Hall–Kier alpha value is -1.32. The van der Waals surface area contributed by atoms with Crippen molar-refractivity contribution in [2.45, 2.75) is 25.7 Å². The summed E-state index contributed by atoms with van der Waals surface area (Å²) in [5, 5.41) is 0. The zero-order valence-corrected chi connectivity index (χ0v) is 9.12. The van der Waals surface area contributed by atoms with E-state index in [0.29, 0.717) is 18.4 Å². The van der Waals surface area contributed by atoms with Crippen LogP contribution in [0.1, 0.15) is 25.7 Å². The second kappa shape index (κ2) is 5.53. The molecule has 4 heteroatoms. The molecule has 4 nitrogen and oxygen atoms in total. The molecule has 0 amide bonds. The molecule has 1 aliphatic carbocycles. The van der Waals surface area contributed by atoms with E-state index in [1.54, 1.807) is 6.08 Å². The van der Waals surface area contributed by atoms with Crippen LogP contribution in [0.15, 0.2) is 11.6 Å². The van der Waals surface area contributed by atoms with Crippen LogP contribution in [0, 0.1) is 5.92 Å². The molecule has 1 atom stereocenters. The molecule has 0 saturated carbocycles. The lowest BCUT2D eigenvalue weighted by Gasteiger charge is -2.08. The highest BCUT2D eigenvalue weighted by atomic mass is 16.5. The van der Waals surface area contributed by atoms with Gasteiger partial charge >= 0.3 is 11.9 Å². The second-order valence-corrected chi connectivity index (χ2v) is 3.57. The highest BCUT2D eigenvalue weighted by Gasteiger charge is 2.22. The molecule has 0 saturated heterocycles. The molecule has 84 valence electrons. The minimum absolute atomic E-state index is 0.114. The zero-order chi connectivity index (χ0) is 11.3. The third-order valence-corrected chi connectivity index (χ3v) is 2.63. The van der Waals surface area contributed by atoms with Crippen molar-refractivity contribution in [3.05, 3.63) is 11.6 Å². The molecule has 1 rings (SSSR count). The van der Waals surface area contributed by atoms with Crippen LogP contribution in [0.25, 0.3) is 0 Å². The first-order valence-corrected chi connectivity index (χ1v) is 5.04. The van der Waals surface area contributed by atoms with Gasteiger partial charge in [-0.15, -0.1) is 0 Å². The molecule has 0 spiro atoms. The van der Waals surface area contributed by atoms with Crippen LogP contribution in [0.2, 0.25) is 0 Å². The quantitative estimate of drug-likeness (QED) is 0.650. The molecular formula is C11H16O4. The van der Waals surface area contributed by atoms with Crippen LogP contribution in [0.3, 0.4) is 0 Å². The number of rotatable bonds is 2. The second-order valence-electron chi connectivity index (χ2n) is 3.57. The number of carbonyl (C=O) groups is 2. The molecule has 1 aliphatic rings. The Bertz CT molecular complexity index is 280. The Kier molecular flexibility index (Phi) is 4.34. The minimum Gasteiger partial charge on any atom is -0.469 e. The molecule has 0 N–H and O–H groups in total. The van der Waals surface area contributed by atoms with Crippen molar-refractivity contribution >= 4 is 11.9 Å². The molecule has 1 unspecified atom stereocenters. The fourth-order valence-corrected chi connectivity index (χ4v) is 1.74. The van der Waals surface area contributed by atoms with Gasteiger partial charge in [0.05, 0.1) is 20.1 Å². The maximum absolute atomic E-state index is 11.3.